The number of anilines is 1. The van der Waals surface area contributed by atoms with E-state index in [1.165, 1.54) is 23.4 Å². The van der Waals surface area contributed by atoms with Crippen molar-refractivity contribution in [2.24, 2.45) is 5.92 Å². The molecule has 1 aliphatic heterocycles. The maximum atomic E-state index is 12.9. The topological polar surface area (TPSA) is 83.6 Å². The molecule has 3 rings (SSSR count). The highest BCUT2D eigenvalue weighted by molar-refractivity contribution is 9.10. The van der Waals surface area contributed by atoms with E-state index in [9.17, 15) is 18.0 Å². The van der Waals surface area contributed by atoms with Gasteiger partial charge in [0.15, 0.2) is 5.78 Å². The average molecular weight is 465 g/mol. The highest BCUT2D eigenvalue weighted by atomic mass is 79.9. The number of carbonyl (C=O) groups excluding carboxylic acids is 2. The molecule has 0 bridgehead atoms. The number of benzene rings is 2. The van der Waals surface area contributed by atoms with E-state index in [-0.39, 0.29) is 35.6 Å². The summed E-state index contributed by atoms with van der Waals surface area (Å²) in [6, 6.07) is 13.4. The third-order valence-electron chi connectivity index (χ3n) is 4.80. The van der Waals surface area contributed by atoms with Gasteiger partial charge in [0, 0.05) is 34.7 Å². The molecule has 6 nitrogen and oxygen atoms in total. The Kier molecular flexibility index (Phi) is 6.32. The fraction of sp³-hybridized carbons (Fsp3) is 0.300. The summed E-state index contributed by atoms with van der Waals surface area (Å²) < 4.78 is 28.0. The van der Waals surface area contributed by atoms with Crippen LogP contribution < -0.4 is 5.32 Å². The molecule has 0 aliphatic carbocycles. The van der Waals surface area contributed by atoms with Crippen molar-refractivity contribution in [1.82, 2.24) is 4.31 Å². The van der Waals surface area contributed by atoms with Crippen molar-refractivity contribution < 1.29 is 18.0 Å². The second kappa shape index (κ2) is 8.55. The molecule has 0 aromatic heterocycles. The average Bonchev–Trinajstić information content (AvgIpc) is 2.68. The van der Waals surface area contributed by atoms with Crippen LogP contribution in [0.15, 0.2) is 57.9 Å². The number of Topliss-reactive ketones (excluding diaryl/α,β-unsaturated/α-hetero) is 1. The molecular formula is C20H21BrN2O4S. The molecule has 2 aromatic rings. The summed E-state index contributed by atoms with van der Waals surface area (Å²) in [5, 5.41) is 2.88. The van der Waals surface area contributed by atoms with Crippen LogP contribution in [0.1, 0.15) is 30.1 Å². The molecule has 8 heteroatoms. The van der Waals surface area contributed by atoms with Crippen LogP contribution in [0.2, 0.25) is 0 Å². The van der Waals surface area contributed by atoms with Gasteiger partial charge in [-0.05, 0) is 50.1 Å². The molecule has 28 heavy (non-hydrogen) atoms. The number of carbonyl (C=O) groups is 2. The van der Waals surface area contributed by atoms with E-state index >= 15 is 0 Å². The van der Waals surface area contributed by atoms with Crippen molar-refractivity contribution in [2.75, 3.05) is 18.4 Å². The minimum absolute atomic E-state index is 0.103. The zero-order chi connectivity index (χ0) is 20.3. The van der Waals surface area contributed by atoms with E-state index < -0.39 is 10.0 Å². The van der Waals surface area contributed by atoms with Crippen LogP contribution in [-0.2, 0) is 14.8 Å². The van der Waals surface area contributed by atoms with Gasteiger partial charge in [-0.25, -0.2) is 8.42 Å². The molecular weight excluding hydrogens is 444 g/mol. The summed E-state index contributed by atoms with van der Waals surface area (Å²) in [7, 11) is -3.69. The summed E-state index contributed by atoms with van der Waals surface area (Å²) in [5.74, 6) is -0.525. The summed E-state index contributed by atoms with van der Waals surface area (Å²) in [6.45, 7) is 1.94. The standard InChI is InChI=1S/C20H21BrN2O4S/c1-14(24)16-4-2-7-19(12-16)28(26,27)23-10-8-15(9-11-23)20(25)22-18-6-3-5-17(21)13-18/h2-7,12-13,15H,8-11H2,1H3,(H,22,25). The number of nitrogens with one attached hydrogen (secondary N) is 1. The van der Waals surface area contributed by atoms with E-state index in [4.69, 9.17) is 0 Å². The molecule has 2 aromatic carbocycles. The van der Waals surface area contributed by atoms with Gasteiger partial charge in [-0.1, -0.05) is 34.1 Å². The van der Waals surface area contributed by atoms with Gasteiger partial charge in [0.2, 0.25) is 15.9 Å². The van der Waals surface area contributed by atoms with Gasteiger partial charge in [0.1, 0.15) is 0 Å². The van der Waals surface area contributed by atoms with E-state index in [2.05, 4.69) is 21.2 Å². The van der Waals surface area contributed by atoms with Gasteiger partial charge in [-0.3, -0.25) is 9.59 Å². The highest BCUT2D eigenvalue weighted by Crippen LogP contribution is 2.26. The lowest BCUT2D eigenvalue weighted by atomic mass is 9.97. The predicted octanol–water partition coefficient (Wildman–Crippen LogP) is 3.69. The number of halogens is 1. The van der Waals surface area contributed by atoms with Gasteiger partial charge >= 0.3 is 0 Å². The van der Waals surface area contributed by atoms with Gasteiger partial charge in [-0.15, -0.1) is 0 Å². The quantitative estimate of drug-likeness (QED) is 0.683. The molecule has 0 spiro atoms. The van der Waals surface area contributed by atoms with E-state index in [0.717, 1.165) is 4.47 Å². The van der Waals surface area contributed by atoms with Gasteiger partial charge < -0.3 is 5.32 Å². The lowest BCUT2D eigenvalue weighted by molar-refractivity contribution is -0.120. The Hall–Kier alpha value is -2.03. The summed E-state index contributed by atoms with van der Waals surface area (Å²) in [4.78, 5) is 24.1. The number of sulfonamides is 1. The molecule has 148 valence electrons. The van der Waals surface area contributed by atoms with Crippen LogP contribution >= 0.6 is 15.9 Å². The number of piperidine rings is 1. The largest absolute Gasteiger partial charge is 0.326 e. The van der Waals surface area contributed by atoms with Crippen LogP contribution in [0.5, 0.6) is 0 Å². The van der Waals surface area contributed by atoms with Gasteiger partial charge in [0.05, 0.1) is 4.90 Å². The Labute approximate surface area is 173 Å². The van der Waals surface area contributed by atoms with Crippen molar-refractivity contribution in [2.45, 2.75) is 24.7 Å². The van der Waals surface area contributed by atoms with Crippen LogP contribution in [0.4, 0.5) is 5.69 Å². The second-order valence-corrected chi connectivity index (χ2v) is 9.62. The highest BCUT2D eigenvalue weighted by Gasteiger charge is 2.32. The Morgan fingerprint density at radius 3 is 2.39 bits per heavy atom. The lowest BCUT2D eigenvalue weighted by Crippen LogP contribution is -2.41. The zero-order valence-electron chi connectivity index (χ0n) is 15.4. The second-order valence-electron chi connectivity index (χ2n) is 6.76. The van der Waals surface area contributed by atoms with Crippen LogP contribution in [0.25, 0.3) is 0 Å². The van der Waals surface area contributed by atoms with Crippen molar-refractivity contribution in [1.29, 1.82) is 0 Å². The predicted molar refractivity (Wildman–Crippen MR) is 111 cm³/mol. The number of nitrogens with zero attached hydrogens (tertiary/aromatic N) is 1. The first-order valence-corrected chi connectivity index (χ1v) is 11.2. The molecule has 0 atom stereocenters. The molecule has 1 saturated heterocycles. The normalized spacial score (nSPS) is 15.9. The summed E-state index contributed by atoms with van der Waals surface area (Å²) in [6.07, 6.45) is 0.900. The first-order valence-electron chi connectivity index (χ1n) is 8.95. The van der Waals surface area contributed by atoms with Crippen LogP contribution in [0, 0.1) is 5.92 Å². The Morgan fingerprint density at radius 2 is 1.75 bits per heavy atom. The first kappa shape index (κ1) is 20.7. The van der Waals surface area contributed by atoms with Crippen molar-refractivity contribution in [3.8, 4) is 0 Å². The van der Waals surface area contributed by atoms with Crippen LogP contribution in [0.3, 0.4) is 0 Å². The third-order valence-corrected chi connectivity index (χ3v) is 7.18. The maximum Gasteiger partial charge on any atom is 0.243 e. The molecule has 1 heterocycles. The van der Waals surface area contributed by atoms with Gasteiger partial charge in [-0.2, -0.15) is 4.31 Å². The fourth-order valence-electron chi connectivity index (χ4n) is 3.19. The van der Waals surface area contributed by atoms with Crippen molar-refractivity contribution in [3.05, 3.63) is 58.6 Å². The zero-order valence-corrected chi connectivity index (χ0v) is 17.8. The van der Waals surface area contributed by atoms with E-state index in [0.29, 0.717) is 24.1 Å². The number of hydrogen-bond acceptors (Lipinski definition) is 4. The Bertz CT molecular complexity index is 999. The Balaban J connectivity index is 1.65. The van der Waals surface area contributed by atoms with Gasteiger partial charge in [0.25, 0.3) is 0 Å². The molecule has 0 saturated carbocycles. The lowest BCUT2D eigenvalue weighted by Gasteiger charge is -2.30. The van der Waals surface area contributed by atoms with E-state index in [1.54, 1.807) is 12.1 Å². The molecule has 1 amide bonds. The Morgan fingerprint density at radius 1 is 1.07 bits per heavy atom. The number of amides is 1. The van der Waals surface area contributed by atoms with Crippen LogP contribution in [-0.4, -0.2) is 37.5 Å². The summed E-state index contributed by atoms with van der Waals surface area (Å²) >= 11 is 3.37. The maximum absolute atomic E-state index is 12.9. The first-order chi connectivity index (χ1) is 13.3. The molecule has 0 radical (unpaired) electrons. The monoisotopic (exact) mass is 464 g/mol. The number of ketones is 1. The van der Waals surface area contributed by atoms with Crippen molar-refractivity contribution >= 4 is 43.3 Å². The minimum atomic E-state index is -3.69. The number of rotatable bonds is 5. The third kappa shape index (κ3) is 4.68. The summed E-state index contributed by atoms with van der Waals surface area (Å²) in [5.41, 5.74) is 1.07. The number of hydrogen-bond donors (Lipinski definition) is 1. The van der Waals surface area contributed by atoms with E-state index in [1.807, 2.05) is 24.3 Å². The SMILES string of the molecule is CC(=O)c1cccc(S(=O)(=O)N2CCC(C(=O)Nc3cccc(Br)c3)CC2)c1. The fourth-order valence-corrected chi connectivity index (χ4v) is 5.11. The molecule has 0 unspecified atom stereocenters. The smallest absolute Gasteiger partial charge is 0.243 e. The van der Waals surface area contributed by atoms with Crippen molar-refractivity contribution in [3.63, 3.8) is 0 Å². The minimum Gasteiger partial charge on any atom is -0.326 e. The molecule has 1 aliphatic rings. The molecule has 1 fully saturated rings. The molecule has 1 N–H and O–H groups in total.